The molecule has 0 aliphatic carbocycles. The molecule has 1 fully saturated rings. The van der Waals surface area contributed by atoms with Crippen LogP contribution in [0.3, 0.4) is 0 Å². The Hall–Kier alpha value is -0.220. The number of nitrogens with zero attached hydrogens (tertiary/aromatic N) is 2. The van der Waals surface area contributed by atoms with Crippen LogP contribution >= 0.6 is 27.7 Å². The molecule has 1 aromatic rings. The molecule has 0 bridgehead atoms. The summed E-state index contributed by atoms with van der Waals surface area (Å²) in [7, 11) is 0. The van der Waals surface area contributed by atoms with E-state index in [1.54, 1.807) is 0 Å². The summed E-state index contributed by atoms with van der Waals surface area (Å²) in [5, 5.41) is 0. The highest BCUT2D eigenvalue weighted by Gasteiger charge is 2.24. The SMILES string of the molecule is CSCC1CCCN1c1ccc(Br)cn1. The number of hydrogen-bond acceptors (Lipinski definition) is 3. The largest absolute Gasteiger partial charge is 0.353 e. The van der Waals surface area contributed by atoms with Crippen molar-refractivity contribution in [3.8, 4) is 0 Å². The van der Waals surface area contributed by atoms with Gasteiger partial charge in [0.25, 0.3) is 0 Å². The van der Waals surface area contributed by atoms with Crippen molar-refractivity contribution in [3.63, 3.8) is 0 Å². The van der Waals surface area contributed by atoms with Gasteiger partial charge in [-0.3, -0.25) is 0 Å². The van der Waals surface area contributed by atoms with Crippen LogP contribution in [0.25, 0.3) is 0 Å². The summed E-state index contributed by atoms with van der Waals surface area (Å²) < 4.78 is 1.05. The van der Waals surface area contributed by atoms with Crippen molar-refractivity contribution in [2.45, 2.75) is 18.9 Å². The van der Waals surface area contributed by atoms with Gasteiger partial charge in [0.05, 0.1) is 0 Å². The Balaban J connectivity index is 2.11. The first-order valence-corrected chi connectivity index (χ1v) is 7.37. The Morgan fingerprint density at radius 3 is 3.13 bits per heavy atom. The lowest BCUT2D eigenvalue weighted by Crippen LogP contribution is -2.31. The molecule has 0 spiro atoms. The van der Waals surface area contributed by atoms with E-state index in [0.717, 1.165) is 16.8 Å². The van der Waals surface area contributed by atoms with Crippen LogP contribution in [-0.2, 0) is 0 Å². The summed E-state index contributed by atoms with van der Waals surface area (Å²) in [6, 6.07) is 4.84. The quantitative estimate of drug-likeness (QED) is 0.849. The van der Waals surface area contributed by atoms with Gasteiger partial charge in [-0.15, -0.1) is 0 Å². The predicted molar refractivity (Wildman–Crippen MR) is 70.7 cm³/mol. The number of anilines is 1. The van der Waals surface area contributed by atoms with Crippen molar-refractivity contribution in [2.75, 3.05) is 23.5 Å². The zero-order chi connectivity index (χ0) is 10.7. The first-order valence-electron chi connectivity index (χ1n) is 5.18. The molecule has 1 unspecified atom stereocenters. The van der Waals surface area contributed by atoms with Gasteiger partial charge in [-0.1, -0.05) is 0 Å². The minimum absolute atomic E-state index is 0.675. The van der Waals surface area contributed by atoms with Crippen LogP contribution in [0, 0.1) is 0 Å². The molecule has 1 atom stereocenters. The first kappa shape index (κ1) is 11.3. The highest BCUT2D eigenvalue weighted by molar-refractivity contribution is 9.10. The van der Waals surface area contributed by atoms with Gasteiger partial charge in [0.1, 0.15) is 5.82 Å². The van der Waals surface area contributed by atoms with Crippen LogP contribution in [0.4, 0.5) is 5.82 Å². The molecule has 0 saturated carbocycles. The normalized spacial score (nSPS) is 20.9. The summed E-state index contributed by atoms with van der Waals surface area (Å²) >= 11 is 5.34. The van der Waals surface area contributed by atoms with E-state index in [-0.39, 0.29) is 0 Å². The second-order valence-electron chi connectivity index (χ2n) is 3.78. The Labute approximate surface area is 104 Å². The molecule has 2 rings (SSSR count). The standard InChI is InChI=1S/C11H15BrN2S/c1-15-8-10-3-2-6-14(10)11-5-4-9(12)7-13-11/h4-5,7,10H,2-3,6,8H2,1H3. The summed E-state index contributed by atoms with van der Waals surface area (Å²) in [4.78, 5) is 6.90. The van der Waals surface area contributed by atoms with E-state index >= 15 is 0 Å². The molecule has 1 saturated heterocycles. The van der Waals surface area contributed by atoms with E-state index < -0.39 is 0 Å². The molecule has 82 valence electrons. The average Bonchev–Trinajstić information content (AvgIpc) is 2.68. The smallest absolute Gasteiger partial charge is 0.128 e. The van der Waals surface area contributed by atoms with Gasteiger partial charge >= 0.3 is 0 Å². The van der Waals surface area contributed by atoms with Gasteiger partial charge in [-0.05, 0) is 47.2 Å². The Kier molecular flexibility index (Phi) is 3.92. The molecule has 0 amide bonds. The van der Waals surface area contributed by atoms with Crippen LogP contribution < -0.4 is 4.90 Å². The fraction of sp³-hybridized carbons (Fsp3) is 0.545. The van der Waals surface area contributed by atoms with Crippen molar-refractivity contribution in [3.05, 3.63) is 22.8 Å². The first-order chi connectivity index (χ1) is 7.31. The molecule has 15 heavy (non-hydrogen) atoms. The van der Waals surface area contributed by atoms with Gasteiger partial charge in [0.2, 0.25) is 0 Å². The maximum Gasteiger partial charge on any atom is 0.128 e. The lowest BCUT2D eigenvalue weighted by atomic mass is 10.2. The third-order valence-electron chi connectivity index (χ3n) is 2.74. The monoisotopic (exact) mass is 286 g/mol. The molecule has 0 N–H and O–H groups in total. The zero-order valence-corrected chi connectivity index (χ0v) is 11.2. The topological polar surface area (TPSA) is 16.1 Å². The minimum atomic E-state index is 0.675. The van der Waals surface area contributed by atoms with E-state index in [9.17, 15) is 0 Å². The average molecular weight is 287 g/mol. The van der Waals surface area contributed by atoms with Gasteiger partial charge in [-0.2, -0.15) is 11.8 Å². The lowest BCUT2D eigenvalue weighted by molar-refractivity contribution is 0.738. The molecule has 0 aromatic carbocycles. The summed E-state index contributed by atoms with van der Waals surface area (Å²) in [6.45, 7) is 1.15. The van der Waals surface area contributed by atoms with E-state index in [1.807, 2.05) is 18.0 Å². The van der Waals surface area contributed by atoms with Crippen molar-refractivity contribution in [1.29, 1.82) is 0 Å². The third-order valence-corrected chi connectivity index (χ3v) is 3.93. The summed E-state index contributed by atoms with van der Waals surface area (Å²) in [5.74, 6) is 2.33. The number of halogens is 1. The molecule has 1 aliphatic heterocycles. The third kappa shape index (κ3) is 2.67. The van der Waals surface area contributed by atoms with Gasteiger partial charge in [0, 0.05) is 29.0 Å². The Morgan fingerprint density at radius 2 is 2.47 bits per heavy atom. The summed E-state index contributed by atoms with van der Waals surface area (Å²) in [6.07, 6.45) is 6.65. The van der Waals surface area contributed by atoms with Crippen LogP contribution in [0.2, 0.25) is 0 Å². The van der Waals surface area contributed by atoms with Gasteiger partial charge in [0.15, 0.2) is 0 Å². The second kappa shape index (κ2) is 5.21. The second-order valence-corrected chi connectivity index (χ2v) is 5.61. The minimum Gasteiger partial charge on any atom is -0.353 e. The van der Waals surface area contributed by atoms with E-state index in [0.29, 0.717) is 6.04 Å². The van der Waals surface area contributed by atoms with Crippen molar-refractivity contribution in [2.24, 2.45) is 0 Å². The lowest BCUT2D eigenvalue weighted by Gasteiger charge is -2.25. The van der Waals surface area contributed by atoms with Crippen molar-refractivity contribution in [1.82, 2.24) is 4.98 Å². The Bertz CT molecular complexity index is 315. The van der Waals surface area contributed by atoms with E-state index in [4.69, 9.17) is 0 Å². The molecule has 2 heterocycles. The van der Waals surface area contributed by atoms with Crippen molar-refractivity contribution < 1.29 is 0 Å². The number of aromatic nitrogens is 1. The molecular weight excluding hydrogens is 272 g/mol. The highest BCUT2D eigenvalue weighted by atomic mass is 79.9. The molecule has 2 nitrogen and oxygen atoms in total. The van der Waals surface area contributed by atoms with E-state index in [2.05, 4.69) is 44.2 Å². The van der Waals surface area contributed by atoms with Gasteiger partial charge < -0.3 is 4.90 Å². The fourth-order valence-electron chi connectivity index (χ4n) is 2.04. The number of rotatable bonds is 3. The molecular formula is C11H15BrN2S. The molecule has 4 heteroatoms. The zero-order valence-electron chi connectivity index (χ0n) is 8.82. The fourth-order valence-corrected chi connectivity index (χ4v) is 3.01. The molecule has 1 aromatic heterocycles. The van der Waals surface area contributed by atoms with E-state index in [1.165, 1.54) is 18.6 Å². The maximum absolute atomic E-state index is 4.46. The maximum atomic E-state index is 4.46. The van der Waals surface area contributed by atoms with Gasteiger partial charge in [-0.25, -0.2) is 4.98 Å². The van der Waals surface area contributed by atoms with Crippen LogP contribution in [0.1, 0.15) is 12.8 Å². The highest BCUT2D eigenvalue weighted by Crippen LogP contribution is 2.26. The Morgan fingerprint density at radius 1 is 1.60 bits per heavy atom. The van der Waals surface area contributed by atoms with Crippen LogP contribution in [0.5, 0.6) is 0 Å². The number of pyridine rings is 1. The van der Waals surface area contributed by atoms with Crippen LogP contribution in [0.15, 0.2) is 22.8 Å². The predicted octanol–water partition coefficient (Wildman–Crippen LogP) is 3.18. The molecule has 1 aliphatic rings. The van der Waals surface area contributed by atoms with Crippen molar-refractivity contribution >= 4 is 33.5 Å². The number of thioether (sulfide) groups is 1. The molecule has 0 radical (unpaired) electrons. The summed E-state index contributed by atoms with van der Waals surface area (Å²) in [5.41, 5.74) is 0. The number of hydrogen-bond donors (Lipinski definition) is 0. The van der Waals surface area contributed by atoms with Crippen LogP contribution in [-0.4, -0.2) is 29.6 Å².